The maximum atomic E-state index is 5.19. The highest BCUT2D eigenvalue weighted by Crippen LogP contribution is 2.47. The molecule has 0 saturated carbocycles. The van der Waals surface area contributed by atoms with Gasteiger partial charge in [0.05, 0.1) is 11.2 Å². The first-order valence-electron chi connectivity index (χ1n) is 20.0. The van der Waals surface area contributed by atoms with Gasteiger partial charge in [0.15, 0.2) is 0 Å². The Labute approximate surface area is 336 Å². The molecule has 58 heavy (non-hydrogen) atoms. The van der Waals surface area contributed by atoms with Crippen LogP contribution in [0.25, 0.3) is 120 Å². The molecule has 1 nitrogen and oxygen atoms in total. The Hall–Kier alpha value is -7.61. The molecule has 0 bridgehead atoms. The number of hydrogen-bond donors (Lipinski definition) is 0. The Morgan fingerprint density at radius 2 is 0.690 bits per heavy atom. The first kappa shape index (κ1) is 32.6. The van der Waals surface area contributed by atoms with Crippen LogP contribution in [-0.2, 0) is 0 Å². The molecular weight excluding hydrogens is 699 g/mol. The molecule has 12 aromatic rings. The molecule has 0 amide bonds. The predicted octanol–water partition coefficient (Wildman–Crippen LogP) is 15.8. The average Bonchev–Trinajstić information content (AvgIpc) is 3.29. The topological polar surface area (TPSA) is 12.9 Å². The number of nitrogens with zero attached hydrogens (tertiary/aromatic N) is 1. The van der Waals surface area contributed by atoms with E-state index in [0.29, 0.717) is 0 Å². The molecule has 0 atom stereocenters. The molecule has 1 heteroatoms. The van der Waals surface area contributed by atoms with E-state index in [1.165, 1.54) is 103 Å². The van der Waals surface area contributed by atoms with Crippen LogP contribution in [-0.4, -0.2) is 4.98 Å². The van der Waals surface area contributed by atoms with Gasteiger partial charge in [-0.05, 0) is 117 Å². The van der Waals surface area contributed by atoms with Crippen molar-refractivity contribution in [2.75, 3.05) is 0 Å². The van der Waals surface area contributed by atoms with E-state index in [4.69, 9.17) is 4.98 Å². The van der Waals surface area contributed by atoms with Crippen LogP contribution in [0.1, 0.15) is 0 Å². The first-order chi connectivity index (χ1) is 28.8. The van der Waals surface area contributed by atoms with Crippen LogP contribution >= 0.6 is 0 Å². The lowest BCUT2D eigenvalue weighted by Gasteiger charge is -2.20. The van der Waals surface area contributed by atoms with Gasteiger partial charge in [0.25, 0.3) is 0 Å². The molecule has 268 valence electrons. The third-order valence-electron chi connectivity index (χ3n) is 12.2. The molecule has 0 aliphatic rings. The monoisotopic (exact) mass is 733 g/mol. The van der Waals surface area contributed by atoms with Gasteiger partial charge in [-0.25, -0.2) is 4.98 Å². The summed E-state index contributed by atoms with van der Waals surface area (Å²) < 4.78 is 0. The maximum absolute atomic E-state index is 5.19. The Bertz CT molecular complexity index is 3620. The van der Waals surface area contributed by atoms with Gasteiger partial charge in [-0.3, -0.25) is 0 Å². The second-order valence-electron chi connectivity index (χ2n) is 15.4. The lowest BCUT2D eigenvalue weighted by Crippen LogP contribution is -1.93. The second kappa shape index (κ2) is 13.0. The van der Waals surface area contributed by atoms with Crippen molar-refractivity contribution in [2.45, 2.75) is 0 Å². The quantitative estimate of drug-likeness (QED) is 0.130. The summed E-state index contributed by atoms with van der Waals surface area (Å²) >= 11 is 0. The van der Waals surface area contributed by atoms with Crippen LogP contribution in [0, 0.1) is 0 Å². The van der Waals surface area contributed by atoms with Crippen LogP contribution in [0.4, 0.5) is 0 Å². The zero-order valence-electron chi connectivity index (χ0n) is 31.7. The van der Waals surface area contributed by atoms with Gasteiger partial charge in [-0.15, -0.1) is 0 Å². The fourth-order valence-electron chi connectivity index (χ4n) is 9.52. The molecule has 0 saturated heterocycles. The zero-order valence-corrected chi connectivity index (χ0v) is 31.7. The van der Waals surface area contributed by atoms with Crippen molar-refractivity contribution in [3.8, 4) is 44.6 Å². The van der Waals surface area contributed by atoms with Crippen molar-refractivity contribution in [2.24, 2.45) is 0 Å². The van der Waals surface area contributed by atoms with Crippen molar-refractivity contribution in [3.05, 3.63) is 212 Å². The Balaban J connectivity index is 1.08. The number of para-hydroxylation sites is 1. The minimum atomic E-state index is 1.02. The fourth-order valence-corrected chi connectivity index (χ4v) is 9.52. The van der Waals surface area contributed by atoms with E-state index in [9.17, 15) is 0 Å². The van der Waals surface area contributed by atoms with E-state index >= 15 is 0 Å². The molecule has 0 N–H and O–H groups in total. The summed E-state index contributed by atoms with van der Waals surface area (Å²) in [5, 5.41) is 16.0. The Morgan fingerprint density at radius 3 is 1.36 bits per heavy atom. The van der Waals surface area contributed by atoms with Crippen LogP contribution in [0.15, 0.2) is 212 Å². The van der Waals surface area contributed by atoms with E-state index in [0.717, 1.165) is 16.8 Å². The van der Waals surface area contributed by atoms with Crippen molar-refractivity contribution in [3.63, 3.8) is 0 Å². The zero-order chi connectivity index (χ0) is 38.2. The third-order valence-corrected chi connectivity index (χ3v) is 12.2. The summed E-state index contributed by atoms with van der Waals surface area (Å²) in [6.45, 7) is 0. The minimum absolute atomic E-state index is 1.02. The summed E-state index contributed by atoms with van der Waals surface area (Å²) in [7, 11) is 0. The molecule has 0 aliphatic carbocycles. The number of pyridine rings is 1. The smallest absolute Gasteiger partial charge is 0.0788 e. The molecular formula is C57H35N. The van der Waals surface area contributed by atoms with Crippen molar-refractivity contribution < 1.29 is 0 Å². The highest BCUT2D eigenvalue weighted by atomic mass is 14.7. The number of hydrogen-bond acceptors (Lipinski definition) is 1. The number of fused-ring (bicyclic) bond motifs is 8. The standard InChI is InChI=1S/C57H35N/c1-3-17-43-36(13-1)15-11-24-47(43)55-49-21-6-7-22-50(49)56(48-25-12-16-37-14-2-4-18-44(37)48)53-35-41(31-32-51(53)55)39-27-28-40-34-42(30-29-38(40)33-39)57-52-23-8-5-19-45(52)46-20-9-10-26-54(46)58-57/h1-35H. The fraction of sp³-hybridized carbons (Fsp3) is 0. The molecule has 0 aliphatic heterocycles. The molecule has 12 rings (SSSR count). The van der Waals surface area contributed by atoms with Crippen molar-refractivity contribution in [1.82, 2.24) is 4.98 Å². The number of benzene rings is 11. The molecule has 0 spiro atoms. The van der Waals surface area contributed by atoms with Gasteiger partial charge in [-0.2, -0.15) is 0 Å². The predicted molar refractivity (Wildman–Crippen MR) is 249 cm³/mol. The van der Waals surface area contributed by atoms with E-state index in [1.54, 1.807) is 0 Å². The highest BCUT2D eigenvalue weighted by molar-refractivity contribution is 6.25. The van der Waals surface area contributed by atoms with E-state index in [-0.39, 0.29) is 0 Å². The summed E-state index contributed by atoms with van der Waals surface area (Å²) in [5.74, 6) is 0. The summed E-state index contributed by atoms with van der Waals surface area (Å²) in [6, 6.07) is 77.8. The van der Waals surface area contributed by atoms with Crippen LogP contribution in [0.5, 0.6) is 0 Å². The normalized spacial score (nSPS) is 11.8. The second-order valence-corrected chi connectivity index (χ2v) is 15.4. The van der Waals surface area contributed by atoms with Gasteiger partial charge in [0.2, 0.25) is 0 Å². The first-order valence-corrected chi connectivity index (χ1v) is 20.0. The van der Waals surface area contributed by atoms with Gasteiger partial charge >= 0.3 is 0 Å². The van der Waals surface area contributed by atoms with E-state index in [2.05, 4.69) is 212 Å². The van der Waals surface area contributed by atoms with Gasteiger partial charge in [0, 0.05) is 16.3 Å². The van der Waals surface area contributed by atoms with Crippen LogP contribution in [0.2, 0.25) is 0 Å². The molecule has 1 aromatic heterocycles. The molecule has 0 radical (unpaired) electrons. The van der Waals surface area contributed by atoms with Gasteiger partial charge in [-0.1, -0.05) is 188 Å². The average molecular weight is 734 g/mol. The van der Waals surface area contributed by atoms with E-state index in [1.807, 2.05) is 0 Å². The van der Waals surface area contributed by atoms with Crippen LogP contribution in [0.3, 0.4) is 0 Å². The highest BCUT2D eigenvalue weighted by Gasteiger charge is 2.20. The summed E-state index contributed by atoms with van der Waals surface area (Å²) in [6.07, 6.45) is 0. The van der Waals surface area contributed by atoms with Crippen molar-refractivity contribution >= 4 is 75.5 Å². The number of aromatic nitrogens is 1. The summed E-state index contributed by atoms with van der Waals surface area (Å²) in [5.41, 5.74) is 10.6. The number of rotatable bonds is 4. The van der Waals surface area contributed by atoms with Gasteiger partial charge in [0.1, 0.15) is 0 Å². The van der Waals surface area contributed by atoms with Gasteiger partial charge < -0.3 is 0 Å². The molecule has 0 fully saturated rings. The SMILES string of the molecule is c1ccc2c(-c3c4ccccc4c(-c4cccc5ccccc45)c4cc(-c5ccc6cc(-c7nc8ccccc8c8ccccc78)ccc6c5)ccc34)cccc2c1. The largest absolute Gasteiger partial charge is 0.247 e. The lowest BCUT2D eigenvalue weighted by atomic mass is 9.83. The maximum Gasteiger partial charge on any atom is 0.0788 e. The van der Waals surface area contributed by atoms with E-state index < -0.39 is 0 Å². The molecule has 1 heterocycles. The minimum Gasteiger partial charge on any atom is -0.247 e. The summed E-state index contributed by atoms with van der Waals surface area (Å²) in [4.78, 5) is 5.19. The molecule has 0 unspecified atom stereocenters. The van der Waals surface area contributed by atoms with Crippen LogP contribution < -0.4 is 0 Å². The van der Waals surface area contributed by atoms with Crippen molar-refractivity contribution in [1.29, 1.82) is 0 Å². The molecule has 11 aromatic carbocycles. The third kappa shape index (κ3) is 5.07. The Morgan fingerprint density at radius 1 is 0.241 bits per heavy atom. The lowest BCUT2D eigenvalue weighted by molar-refractivity contribution is 1.43. The Kier molecular flexibility index (Phi) is 7.30.